The number of hydrogen-bond donors (Lipinski definition) is 0. The summed E-state index contributed by atoms with van der Waals surface area (Å²) in [6, 6.07) is 55.1. The number of rotatable bonds is 49. The number of benzene rings is 7. The molecule has 0 aromatic heterocycles. The van der Waals surface area contributed by atoms with Gasteiger partial charge in [0.1, 0.15) is 34.5 Å². The van der Waals surface area contributed by atoms with E-state index < -0.39 is 0 Å². The molecule has 0 amide bonds. The molecule has 6 heteroatoms. The second kappa shape index (κ2) is 52.2. The van der Waals surface area contributed by atoms with Crippen LogP contribution in [0.2, 0.25) is 0 Å². The predicted molar refractivity (Wildman–Crippen MR) is 453 cm³/mol. The fourth-order valence-electron chi connectivity index (χ4n) is 12.3. The molecule has 0 fully saturated rings. The highest BCUT2D eigenvalue weighted by atomic mass is 16.5. The Hall–Kier alpha value is -10.8. The fourth-order valence-corrected chi connectivity index (χ4v) is 12.3. The average Bonchev–Trinajstić information content (AvgIpc) is 1.57. The summed E-state index contributed by atoms with van der Waals surface area (Å²) >= 11 is 0. The molecule has 1 aliphatic rings. The number of ether oxygens (including phenoxy) is 6. The van der Waals surface area contributed by atoms with Crippen LogP contribution in [-0.4, -0.2) is 39.6 Å². The third kappa shape index (κ3) is 29.8. The van der Waals surface area contributed by atoms with Gasteiger partial charge in [-0.05, 0) is 197 Å². The summed E-state index contributed by atoms with van der Waals surface area (Å²) < 4.78 is 37.6. The van der Waals surface area contributed by atoms with E-state index in [1.54, 1.807) is 36.5 Å². The van der Waals surface area contributed by atoms with Crippen LogP contribution in [0.3, 0.4) is 0 Å². The standard InChI is InChI=1S/C40H50O4.C32H34O2.C27H30/c1-5-9-13-17-21-29-41-35-25-27-39(43-31-23-19-15-11-7-3)37(33-35)38-34-36(42-30-22-18-14-10-6-2)26-28-40(38)44-32-24-20-16-12-8-4;1-3-5-7-9-17-23-33-31-25-30(28-21-15-12-16-22-28)32(34-24-18-10-8-6-4-2)26-29(31)27-19-13-11-14-20-27;1-3-5-7-9-15-21-27(22-16-10-8-6-4-2)25-19-13-11-17-23(25)24-18-12-14-20-26(24)27/h5-16,25-28,33-34H,1-4,17-24,29-32H2;3-8,11-16,19-22,25-26H,1-2,9-10,17-18,23-24H2;3-8,11-14,17-20H,1-2,9-10,15-16,21-22H2/b13-9+,14-10+,15-11+,16-12+;7-5+,8-6+;7-5-,8-6-. The van der Waals surface area contributed by atoms with E-state index in [0.29, 0.717) is 39.6 Å². The van der Waals surface area contributed by atoms with E-state index in [0.717, 1.165) is 158 Å². The predicted octanol–water partition coefficient (Wildman–Crippen LogP) is 27.6. The lowest BCUT2D eigenvalue weighted by Crippen LogP contribution is -2.25. The molecule has 0 N–H and O–H groups in total. The zero-order valence-electron chi connectivity index (χ0n) is 62.4. The second-order valence-electron chi connectivity index (χ2n) is 25.1. The Morgan fingerprint density at radius 1 is 0.238 bits per heavy atom. The summed E-state index contributed by atoms with van der Waals surface area (Å²) in [5, 5.41) is 0. The van der Waals surface area contributed by atoms with Gasteiger partial charge in [0.25, 0.3) is 0 Å². The van der Waals surface area contributed by atoms with E-state index >= 15 is 0 Å². The summed E-state index contributed by atoms with van der Waals surface area (Å²) in [6.45, 7) is 33.6. The Kier molecular flexibility index (Phi) is 41.3. The zero-order chi connectivity index (χ0) is 74.3. The largest absolute Gasteiger partial charge is 0.494 e. The van der Waals surface area contributed by atoms with Crippen molar-refractivity contribution in [2.24, 2.45) is 0 Å². The molecule has 7 aromatic rings. The van der Waals surface area contributed by atoms with Gasteiger partial charge < -0.3 is 28.4 Å². The van der Waals surface area contributed by atoms with Crippen LogP contribution in [0.1, 0.15) is 127 Å². The van der Waals surface area contributed by atoms with Gasteiger partial charge in [-0.25, -0.2) is 0 Å². The van der Waals surface area contributed by atoms with E-state index in [1.807, 2.05) is 97.1 Å². The van der Waals surface area contributed by atoms with Crippen LogP contribution in [0, 0.1) is 0 Å². The summed E-state index contributed by atoms with van der Waals surface area (Å²) in [6.07, 6.45) is 65.6. The molecule has 105 heavy (non-hydrogen) atoms. The Labute approximate surface area is 631 Å². The van der Waals surface area contributed by atoms with Crippen molar-refractivity contribution in [2.45, 2.75) is 121 Å². The molecule has 0 heterocycles. The highest BCUT2D eigenvalue weighted by molar-refractivity contribution is 5.83. The normalized spacial score (nSPS) is 12.0. The smallest absolute Gasteiger partial charge is 0.128 e. The number of unbranched alkanes of at least 4 members (excludes halogenated alkanes) is 8. The van der Waals surface area contributed by atoms with Crippen molar-refractivity contribution in [3.8, 4) is 79.0 Å². The van der Waals surface area contributed by atoms with E-state index in [2.05, 4.69) is 223 Å². The summed E-state index contributed by atoms with van der Waals surface area (Å²) in [5.41, 5.74) is 12.2. The number of fused-ring (bicyclic) bond motifs is 3. The maximum atomic E-state index is 6.33. The minimum atomic E-state index is 0.136. The van der Waals surface area contributed by atoms with Crippen LogP contribution in [-0.2, 0) is 5.41 Å². The van der Waals surface area contributed by atoms with Gasteiger partial charge in [-0.1, -0.05) is 308 Å². The second-order valence-corrected chi connectivity index (χ2v) is 25.1. The van der Waals surface area contributed by atoms with Crippen molar-refractivity contribution in [1.82, 2.24) is 0 Å². The Morgan fingerprint density at radius 2 is 0.505 bits per heavy atom. The molecular formula is C99H114O6. The minimum absolute atomic E-state index is 0.136. The van der Waals surface area contributed by atoms with Crippen molar-refractivity contribution in [2.75, 3.05) is 39.6 Å². The lowest BCUT2D eigenvalue weighted by atomic mass is 9.71. The quantitative estimate of drug-likeness (QED) is 0.0280. The van der Waals surface area contributed by atoms with Crippen LogP contribution >= 0.6 is 0 Å². The van der Waals surface area contributed by atoms with Crippen LogP contribution in [0.4, 0.5) is 0 Å². The molecule has 8 rings (SSSR count). The van der Waals surface area contributed by atoms with Crippen LogP contribution < -0.4 is 28.4 Å². The molecule has 546 valence electrons. The Balaban J connectivity index is 0.000000254. The minimum Gasteiger partial charge on any atom is -0.494 e. The summed E-state index contributed by atoms with van der Waals surface area (Å²) in [4.78, 5) is 0. The molecule has 0 unspecified atom stereocenters. The van der Waals surface area contributed by atoms with Gasteiger partial charge in [-0.15, -0.1) is 0 Å². The molecule has 0 radical (unpaired) electrons. The van der Waals surface area contributed by atoms with Gasteiger partial charge in [0.15, 0.2) is 0 Å². The van der Waals surface area contributed by atoms with E-state index in [1.165, 1.54) is 47.9 Å². The van der Waals surface area contributed by atoms with Crippen molar-refractivity contribution >= 4 is 0 Å². The monoisotopic (exact) mass is 1400 g/mol. The molecular weight excluding hydrogens is 1290 g/mol. The van der Waals surface area contributed by atoms with E-state index in [4.69, 9.17) is 28.4 Å². The Bertz CT molecular complexity index is 3720. The molecule has 0 saturated heterocycles. The van der Waals surface area contributed by atoms with Crippen LogP contribution in [0.15, 0.2) is 356 Å². The first kappa shape index (κ1) is 83.1. The lowest BCUT2D eigenvalue weighted by molar-refractivity contribution is 0.301. The van der Waals surface area contributed by atoms with Crippen molar-refractivity contribution in [1.29, 1.82) is 0 Å². The molecule has 1 aliphatic carbocycles. The van der Waals surface area contributed by atoms with Gasteiger partial charge in [-0.2, -0.15) is 0 Å². The first-order valence-corrected chi connectivity index (χ1v) is 37.6. The van der Waals surface area contributed by atoms with Gasteiger partial charge in [0.05, 0.1) is 39.6 Å². The number of hydrogen-bond acceptors (Lipinski definition) is 6. The van der Waals surface area contributed by atoms with Crippen molar-refractivity contribution < 1.29 is 28.4 Å². The molecule has 0 aliphatic heterocycles. The maximum Gasteiger partial charge on any atom is 0.128 e. The van der Waals surface area contributed by atoms with Gasteiger partial charge >= 0.3 is 0 Å². The fraction of sp³-hybridized carbons (Fsp3) is 0.253. The van der Waals surface area contributed by atoms with Gasteiger partial charge in [0, 0.05) is 27.7 Å². The average molecular weight is 1400 g/mol. The first-order valence-electron chi connectivity index (χ1n) is 37.6. The summed E-state index contributed by atoms with van der Waals surface area (Å²) in [7, 11) is 0. The summed E-state index contributed by atoms with van der Waals surface area (Å²) in [5.74, 6) is 4.89. The molecule has 0 saturated carbocycles. The third-order valence-corrected chi connectivity index (χ3v) is 17.4. The molecule has 0 bridgehead atoms. The van der Waals surface area contributed by atoms with E-state index in [9.17, 15) is 0 Å². The molecule has 6 nitrogen and oxygen atoms in total. The highest BCUT2D eigenvalue weighted by Crippen LogP contribution is 2.54. The third-order valence-electron chi connectivity index (χ3n) is 17.4. The topological polar surface area (TPSA) is 55.4 Å². The van der Waals surface area contributed by atoms with Crippen LogP contribution in [0.5, 0.6) is 34.5 Å². The molecule has 0 atom stereocenters. The van der Waals surface area contributed by atoms with Crippen molar-refractivity contribution in [3.05, 3.63) is 367 Å². The van der Waals surface area contributed by atoms with Gasteiger partial charge in [-0.3, -0.25) is 0 Å². The molecule has 0 spiro atoms. The lowest BCUT2D eigenvalue weighted by Gasteiger charge is -2.32. The highest BCUT2D eigenvalue weighted by Gasteiger charge is 2.41. The van der Waals surface area contributed by atoms with E-state index in [-0.39, 0.29) is 5.41 Å². The van der Waals surface area contributed by atoms with Crippen molar-refractivity contribution in [3.63, 3.8) is 0 Å². The Morgan fingerprint density at radius 3 is 0.810 bits per heavy atom. The van der Waals surface area contributed by atoms with Gasteiger partial charge in [0.2, 0.25) is 0 Å². The first-order chi connectivity index (χ1) is 51.9. The molecule has 7 aromatic carbocycles. The zero-order valence-corrected chi connectivity index (χ0v) is 62.4. The maximum absolute atomic E-state index is 6.33. The number of allylic oxidation sites excluding steroid dienone is 24. The van der Waals surface area contributed by atoms with Crippen LogP contribution in [0.25, 0.3) is 44.5 Å². The SMILES string of the molecule is C=C/C=C/CCCOc1cc(-c2ccccc2)c(OCCC/C=C/C=C)cc1-c1ccccc1.C=C/C=C/CCCOc1ccc(OCCC/C=C/C=C)c(-c2cc(OCCC/C=C/C=C)ccc2OCCC/C=C/C=C)c1.C=C/C=C\CCCC1(CCC/C=C\C=C)c2ccccc2-c2ccccc21.